The van der Waals surface area contributed by atoms with Crippen LogP contribution in [0.3, 0.4) is 0 Å². The molecule has 19 heavy (non-hydrogen) atoms. The molecule has 0 fully saturated rings. The molecule has 0 radical (unpaired) electrons. The summed E-state index contributed by atoms with van der Waals surface area (Å²) in [6.07, 6.45) is 3.42. The van der Waals surface area contributed by atoms with Gasteiger partial charge in [-0.3, -0.25) is 4.79 Å². The predicted octanol–water partition coefficient (Wildman–Crippen LogP) is 3.77. The highest BCUT2D eigenvalue weighted by Gasteiger charge is 2.20. The van der Waals surface area contributed by atoms with E-state index in [4.69, 9.17) is 0 Å². The number of anilines is 1. The smallest absolute Gasteiger partial charge is 0.256 e. The van der Waals surface area contributed by atoms with Gasteiger partial charge in [-0.25, -0.2) is 0 Å². The van der Waals surface area contributed by atoms with Gasteiger partial charge in [0.05, 0.1) is 5.56 Å². The van der Waals surface area contributed by atoms with Gasteiger partial charge in [0.2, 0.25) is 0 Å². The maximum absolute atomic E-state index is 12.6. The summed E-state index contributed by atoms with van der Waals surface area (Å²) in [5, 5.41) is 3.09. The van der Waals surface area contributed by atoms with Gasteiger partial charge in [-0.05, 0) is 32.4 Å². The first kappa shape index (κ1) is 15.5. The van der Waals surface area contributed by atoms with Crippen LogP contribution >= 0.6 is 0 Å². The normalized spacial score (nSPS) is 10.6. The van der Waals surface area contributed by atoms with E-state index in [1.165, 1.54) is 12.8 Å². The van der Waals surface area contributed by atoms with Crippen LogP contribution in [0.2, 0.25) is 0 Å². The second-order valence-corrected chi connectivity index (χ2v) is 5.09. The number of carbonyl (C=O) groups is 1. The zero-order valence-corrected chi connectivity index (χ0v) is 12.6. The van der Waals surface area contributed by atoms with Crippen molar-refractivity contribution in [2.45, 2.75) is 46.1 Å². The molecule has 0 saturated carbocycles. The van der Waals surface area contributed by atoms with Gasteiger partial charge in [0.1, 0.15) is 0 Å². The highest BCUT2D eigenvalue weighted by atomic mass is 16.2. The number of amides is 1. The Balaban J connectivity index is 2.86. The summed E-state index contributed by atoms with van der Waals surface area (Å²) in [5.74, 6) is 0.121. The molecule has 1 aromatic rings. The van der Waals surface area contributed by atoms with E-state index < -0.39 is 0 Å². The van der Waals surface area contributed by atoms with Gasteiger partial charge in [0, 0.05) is 25.3 Å². The fourth-order valence-electron chi connectivity index (χ4n) is 2.17. The third kappa shape index (κ3) is 4.27. The third-order valence-electron chi connectivity index (χ3n) is 3.31. The number of carbonyl (C=O) groups excluding carboxylic acids is 1. The zero-order valence-electron chi connectivity index (χ0n) is 12.6. The summed E-state index contributed by atoms with van der Waals surface area (Å²) in [6, 6.07) is 7.92. The number of hydrogen-bond acceptors (Lipinski definition) is 2. The summed E-state index contributed by atoms with van der Waals surface area (Å²) < 4.78 is 0. The molecule has 0 aromatic heterocycles. The van der Waals surface area contributed by atoms with Gasteiger partial charge < -0.3 is 10.2 Å². The fraction of sp³-hybridized carbons (Fsp3) is 0.562. The minimum absolute atomic E-state index is 0.121. The molecule has 0 aliphatic rings. The molecule has 0 aliphatic carbocycles. The highest BCUT2D eigenvalue weighted by Crippen LogP contribution is 2.18. The van der Waals surface area contributed by atoms with Crippen molar-refractivity contribution in [3.05, 3.63) is 29.8 Å². The van der Waals surface area contributed by atoms with Crippen molar-refractivity contribution in [1.82, 2.24) is 4.90 Å². The molecule has 1 amide bonds. The summed E-state index contributed by atoms with van der Waals surface area (Å²) >= 11 is 0. The lowest BCUT2D eigenvalue weighted by atomic mass is 10.1. The molecule has 0 bridgehead atoms. The first-order chi connectivity index (χ1) is 9.11. The van der Waals surface area contributed by atoms with Crippen LogP contribution in [0.1, 0.15) is 50.4 Å². The molecule has 1 rings (SSSR count). The lowest BCUT2D eigenvalue weighted by Crippen LogP contribution is -2.38. The monoisotopic (exact) mass is 262 g/mol. The quantitative estimate of drug-likeness (QED) is 0.759. The number of hydrogen-bond donors (Lipinski definition) is 1. The van der Waals surface area contributed by atoms with E-state index in [-0.39, 0.29) is 11.9 Å². The molecule has 1 N–H and O–H groups in total. The van der Waals surface area contributed by atoms with E-state index in [0.29, 0.717) is 0 Å². The molecule has 0 unspecified atom stereocenters. The number of nitrogens with zero attached hydrogens (tertiary/aromatic N) is 1. The number of rotatable bonds is 7. The van der Waals surface area contributed by atoms with Crippen molar-refractivity contribution in [3.63, 3.8) is 0 Å². The topological polar surface area (TPSA) is 32.3 Å². The Morgan fingerprint density at radius 3 is 2.53 bits per heavy atom. The van der Waals surface area contributed by atoms with E-state index in [0.717, 1.165) is 24.2 Å². The minimum atomic E-state index is 0.121. The molecule has 3 heteroatoms. The molecule has 0 spiro atoms. The molecule has 0 saturated heterocycles. The third-order valence-corrected chi connectivity index (χ3v) is 3.31. The van der Waals surface area contributed by atoms with Gasteiger partial charge in [0.25, 0.3) is 5.91 Å². The van der Waals surface area contributed by atoms with Crippen molar-refractivity contribution in [1.29, 1.82) is 0 Å². The number of benzene rings is 1. The molecular formula is C16H26N2O. The van der Waals surface area contributed by atoms with Gasteiger partial charge in [-0.2, -0.15) is 0 Å². The van der Waals surface area contributed by atoms with E-state index in [2.05, 4.69) is 26.1 Å². The van der Waals surface area contributed by atoms with E-state index in [9.17, 15) is 4.79 Å². The summed E-state index contributed by atoms with van der Waals surface area (Å²) in [6.45, 7) is 7.16. The summed E-state index contributed by atoms with van der Waals surface area (Å²) in [5.41, 5.74) is 1.66. The minimum Gasteiger partial charge on any atom is -0.387 e. The molecule has 0 heterocycles. The Labute approximate surface area is 117 Å². The molecule has 0 aliphatic heterocycles. The van der Waals surface area contributed by atoms with E-state index in [1.54, 1.807) is 0 Å². The largest absolute Gasteiger partial charge is 0.387 e. The van der Waals surface area contributed by atoms with E-state index in [1.807, 2.05) is 36.2 Å². The van der Waals surface area contributed by atoms with Crippen LogP contribution in [0.15, 0.2) is 24.3 Å². The second-order valence-electron chi connectivity index (χ2n) is 5.09. The van der Waals surface area contributed by atoms with Crippen molar-refractivity contribution < 1.29 is 4.79 Å². The maximum Gasteiger partial charge on any atom is 0.256 e. The Bertz CT molecular complexity index is 401. The van der Waals surface area contributed by atoms with E-state index >= 15 is 0 Å². The first-order valence-electron chi connectivity index (χ1n) is 7.19. The van der Waals surface area contributed by atoms with Crippen LogP contribution in [0.4, 0.5) is 5.69 Å². The number of unbranched alkanes of at least 4 members (excludes halogenated alkanes) is 2. The van der Waals surface area contributed by atoms with Crippen LogP contribution in [0.25, 0.3) is 0 Å². The second kappa shape index (κ2) is 7.82. The van der Waals surface area contributed by atoms with Crippen LogP contribution < -0.4 is 5.32 Å². The molecular weight excluding hydrogens is 236 g/mol. The van der Waals surface area contributed by atoms with Crippen molar-refractivity contribution in [2.24, 2.45) is 0 Å². The van der Waals surface area contributed by atoms with Gasteiger partial charge >= 0.3 is 0 Å². The Morgan fingerprint density at radius 2 is 1.95 bits per heavy atom. The standard InChI is InChI=1S/C16H26N2O/c1-5-6-9-12-18(13(2)3)16(19)14-10-7-8-11-15(14)17-4/h7-8,10-11,13,17H,5-6,9,12H2,1-4H3. The average molecular weight is 262 g/mol. The highest BCUT2D eigenvalue weighted by molar-refractivity contribution is 5.99. The molecule has 3 nitrogen and oxygen atoms in total. The fourth-order valence-corrected chi connectivity index (χ4v) is 2.17. The zero-order chi connectivity index (χ0) is 14.3. The average Bonchev–Trinajstić information content (AvgIpc) is 2.42. The lowest BCUT2D eigenvalue weighted by Gasteiger charge is -2.27. The van der Waals surface area contributed by atoms with Gasteiger partial charge in [-0.1, -0.05) is 31.9 Å². The summed E-state index contributed by atoms with van der Waals surface area (Å²) in [4.78, 5) is 14.6. The number of para-hydroxylation sites is 1. The van der Waals surface area contributed by atoms with Crippen molar-refractivity contribution >= 4 is 11.6 Å². The van der Waals surface area contributed by atoms with Crippen LogP contribution in [-0.2, 0) is 0 Å². The van der Waals surface area contributed by atoms with Crippen LogP contribution in [0, 0.1) is 0 Å². The Morgan fingerprint density at radius 1 is 1.26 bits per heavy atom. The van der Waals surface area contributed by atoms with Crippen molar-refractivity contribution in [2.75, 3.05) is 18.9 Å². The number of nitrogens with one attached hydrogen (secondary N) is 1. The lowest BCUT2D eigenvalue weighted by molar-refractivity contribution is 0.0703. The first-order valence-corrected chi connectivity index (χ1v) is 7.19. The van der Waals surface area contributed by atoms with Gasteiger partial charge in [-0.15, -0.1) is 0 Å². The Hall–Kier alpha value is -1.51. The van der Waals surface area contributed by atoms with Crippen LogP contribution in [-0.4, -0.2) is 30.4 Å². The Kier molecular flexibility index (Phi) is 6.40. The maximum atomic E-state index is 12.6. The summed E-state index contributed by atoms with van der Waals surface area (Å²) in [7, 11) is 1.85. The van der Waals surface area contributed by atoms with Crippen molar-refractivity contribution in [3.8, 4) is 0 Å². The molecule has 1 aromatic carbocycles. The SMILES string of the molecule is CCCCCN(C(=O)c1ccccc1NC)C(C)C. The van der Waals surface area contributed by atoms with Gasteiger partial charge in [0.15, 0.2) is 0 Å². The van der Waals surface area contributed by atoms with Crippen LogP contribution in [0.5, 0.6) is 0 Å². The molecule has 106 valence electrons. The predicted molar refractivity (Wildman–Crippen MR) is 81.7 cm³/mol. The molecule has 0 atom stereocenters.